The fourth-order valence-electron chi connectivity index (χ4n) is 1.89. The van der Waals surface area contributed by atoms with E-state index in [9.17, 15) is 4.79 Å². The molecule has 1 amide bonds. The van der Waals surface area contributed by atoms with E-state index in [-0.39, 0.29) is 18.6 Å². The van der Waals surface area contributed by atoms with Crippen molar-refractivity contribution in [1.82, 2.24) is 10.3 Å². The van der Waals surface area contributed by atoms with Gasteiger partial charge in [-0.05, 0) is 36.8 Å². The number of aliphatic hydroxyl groups excluding tert-OH is 1. The lowest BCUT2D eigenvalue weighted by atomic mass is 10.0. The summed E-state index contributed by atoms with van der Waals surface area (Å²) < 4.78 is 0. The summed E-state index contributed by atoms with van der Waals surface area (Å²) in [7, 11) is 0. The van der Waals surface area contributed by atoms with Crippen LogP contribution >= 0.6 is 0 Å². The van der Waals surface area contributed by atoms with Crippen molar-refractivity contribution in [2.45, 2.75) is 13.0 Å². The molecule has 0 aliphatic rings. The first-order valence-electron chi connectivity index (χ1n) is 6.61. The van der Waals surface area contributed by atoms with Gasteiger partial charge in [-0.1, -0.05) is 24.0 Å². The van der Waals surface area contributed by atoms with E-state index in [4.69, 9.17) is 5.11 Å². The van der Waals surface area contributed by atoms with Gasteiger partial charge < -0.3 is 10.4 Å². The fourth-order valence-corrected chi connectivity index (χ4v) is 1.89. The second-order valence-corrected chi connectivity index (χ2v) is 4.52. The average Bonchev–Trinajstić information content (AvgIpc) is 2.54. The molecule has 106 valence electrons. The first-order valence-corrected chi connectivity index (χ1v) is 6.61. The second kappa shape index (κ2) is 7.22. The zero-order valence-electron chi connectivity index (χ0n) is 11.7. The number of aliphatic hydroxyl groups is 1. The van der Waals surface area contributed by atoms with Gasteiger partial charge in [0.1, 0.15) is 6.61 Å². The minimum absolute atomic E-state index is 0.137. The Bertz CT molecular complexity index is 672. The summed E-state index contributed by atoms with van der Waals surface area (Å²) in [5.74, 6) is 5.32. The fraction of sp³-hybridized carbons (Fsp3) is 0.176. The van der Waals surface area contributed by atoms with Crippen molar-refractivity contribution in [2.24, 2.45) is 0 Å². The van der Waals surface area contributed by atoms with Gasteiger partial charge >= 0.3 is 0 Å². The third-order valence-corrected chi connectivity index (χ3v) is 2.99. The number of carbonyl (C=O) groups excluding carboxylic acids is 1. The van der Waals surface area contributed by atoms with Gasteiger partial charge in [-0.25, -0.2) is 0 Å². The molecule has 0 aliphatic heterocycles. The summed E-state index contributed by atoms with van der Waals surface area (Å²) in [5.41, 5.74) is 2.35. The number of aromatic nitrogens is 1. The van der Waals surface area contributed by atoms with Crippen LogP contribution in [0.2, 0.25) is 0 Å². The van der Waals surface area contributed by atoms with Crippen molar-refractivity contribution < 1.29 is 9.90 Å². The van der Waals surface area contributed by atoms with Gasteiger partial charge in [0.2, 0.25) is 0 Å². The number of pyridine rings is 1. The van der Waals surface area contributed by atoms with Crippen molar-refractivity contribution in [2.75, 3.05) is 6.61 Å². The Kier molecular flexibility index (Phi) is 5.08. The maximum Gasteiger partial charge on any atom is 0.251 e. The van der Waals surface area contributed by atoms with Crippen molar-refractivity contribution in [3.8, 4) is 11.8 Å². The molecule has 1 unspecified atom stereocenters. The molecule has 2 rings (SSSR count). The lowest BCUT2D eigenvalue weighted by Crippen LogP contribution is -2.26. The molecule has 1 aromatic heterocycles. The number of carbonyl (C=O) groups is 1. The van der Waals surface area contributed by atoms with Crippen LogP contribution in [0.5, 0.6) is 0 Å². The summed E-state index contributed by atoms with van der Waals surface area (Å²) >= 11 is 0. The first-order chi connectivity index (χ1) is 10.2. The van der Waals surface area contributed by atoms with Gasteiger partial charge in [0.25, 0.3) is 5.91 Å². The number of hydrogen-bond donors (Lipinski definition) is 2. The number of nitrogens with zero attached hydrogens (tertiary/aromatic N) is 1. The van der Waals surface area contributed by atoms with Gasteiger partial charge in [0.05, 0.1) is 6.04 Å². The second-order valence-electron chi connectivity index (χ2n) is 4.52. The van der Waals surface area contributed by atoms with Gasteiger partial charge in [-0.3, -0.25) is 9.78 Å². The highest BCUT2D eigenvalue weighted by molar-refractivity contribution is 5.94. The van der Waals surface area contributed by atoms with Crippen molar-refractivity contribution in [3.63, 3.8) is 0 Å². The molecule has 4 nitrogen and oxygen atoms in total. The Morgan fingerprint density at radius 1 is 1.33 bits per heavy atom. The van der Waals surface area contributed by atoms with Crippen LogP contribution in [0, 0.1) is 11.8 Å². The van der Waals surface area contributed by atoms with Crippen LogP contribution < -0.4 is 5.32 Å². The molecule has 2 aromatic rings. The number of benzene rings is 1. The van der Waals surface area contributed by atoms with Crippen LogP contribution in [-0.2, 0) is 0 Å². The molecule has 0 aliphatic carbocycles. The summed E-state index contributed by atoms with van der Waals surface area (Å²) in [6.07, 6.45) is 3.18. The molecule has 1 heterocycles. The Morgan fingerprint density at radius 3 is 2.81 bits per heavy atom. The Balaban J connectivity index is 2.10. The Hall–Kier alpha value is -2.64. The van der Waals surface area contributed by atoms with Crippen molar-refractivity contribution in [1.29, 1.82) is 0 Å². The number of nitrogens with one attached hydrogen (secondary N) is 1. The SMILES string of the molecule is CC(NC(=O)c1ccncc1)c1cccc(C#CCO)c1. The molecule has 0 spiro atoms. The summed E-state index contributed by atoms with van der Waals surface area (Å²) in [4.78, 5) is 16.0. The monoisotopic (exact) mass is 280 g/mol. The molecule has 1 atom stereocenters. The van der Waals surface area contributed by atoms with Crippen LogP contribution in [-0.4, -0.2) is 22.6 Å². The minimum Gasteiger partial charge on any atom is -0.384 e. The molecule has 0 fully saturated rings. The summed E-state index contributed by atoms with van der Waals surface area (Å²) in [5, 5.41) is 11.6. The van der Waals surface area contributed by atoms with E-state index in [2.05, 4.69) is 22.1 Å². The van der Waals surface area contributed by atoms with E-state index >= 15 is 0 Å². The quantitative estimate of drug-likeness (QED) is 0.844. The Morgan fingerprint density at radius 2 is 2.10 bits per heavy atom. The maximum absolute atomic E-state index is 12.1. The smallest absolute Gasteiger partial charge is 0.251 e. The van der Waals surface area contributed by atoms with Crippen LogP contribution in [0.25, 0.3) is 0 Å². The summed E-state index contributed by atoms with van der Waals surface area (Å²) in [6.45, 7) is 1.75. The standard InChI is InChI=1S/C17H16N2O2/c1-13(19-17(21)15-7-9-18-10-8-15)16-6-2-4-14(12-16)5-3-11-20/h2,4,6-10,12-13,20H,11H2,1H3,(H,19,21). The van der Waals surface area contributed by atoms with Crippen LogP contribution in [0.4, 0.5) is 0 Å². The number of amides is 1. The van der Waals surface area contributed by atoms with Crippen molar-refractivity contribution in [3.05, 3.63) is 65.5 Å². The normalized spacial score (nSPS) is 11.1. The van der Waals surface area contributed by atoms with Gasteiger partial charge in [-0.15, -0.1) is 0 Å². The third kappa shape index (κ3) is 4.16. The predicted octanol–water partition coefficient (Wildman–Crippen LogP) is 1.92. The predicted molar refractivity (Wildman–Crippen MR) is 80.5 cm³/mol. The molecular weight excluding hydrogens is 264 g/mol. The molecule has 21 heavy (non-hydrogen) atoms. The summed E-state index contributed by atoms with van der Waals surface area (Å²) in [6, 6.07) is 10.8. The average molecular weight is 280 g/mol. The largest absolute Gasteiger partial charge is 0.384 e. The Labute approximate surface area is 123 Å². The van der Waals surface area contributed by atoms with E-state index < -0.39 is 0 Å². The van der Waals surface area contributed by atoms with Crippen LogP contribution in [0.1, 0.15) is 34.5 Å². The lowest BCUT2D eigenvalue weighted by Gasteiger charge is -2.14. The number of rotatable bonds is 3. The van der Waals surface area contributed by atoms with Gasteiger partial charge in [-0.2, -0.15) is 0 Å². The first kappa shape index (κ1) is 14.8. The lowest BCUT2D eigenvalue weighted by molar-refractivity contribution is 0.0940. The van der Waals surface area contributed by atoms with E-state index in [1.165, 1.54) is 0 Å². The van der Waals surface area contributed by atoms with Crippen LogP contribution in [0.3, 0.4) is 0 Å². The molecule has 0 saturated carbocycles. The van der Waals surface area contributed by atoms with Gasteiger partial charge in [0, 0.05) is 23.5 Å². The van der Waals surface area contributed by atoms with E-state index in [1.807, 2.05) is 31.2 Å². The molecule has 2 N–H and O–H groups in total. The molecule has 0 bridgehead atoms. The van der Waals surface area contributed by atoms with Crippen molar-refractivity contribution >= 4 is 5.91 Å². The highest BCUT2D eigenvalue weighted by Crippen LogP contribution is 2.14. The highest BCUT2D eigenvalue weighted by Gasteiger charge is 2.11. The topological polar surface area (TPSA) is 62.2 Å². The molecular formula is C17H16N2O2. The van der Waals surface area contributed by atoms with E-state index in [0.29, 0.717) is 5.56 Å². The molecule has 0 radical (unpaired) electrons. The molecule has 1 aromatic carbocycles. The highest BCUT2D eigenvalue weighted by atomic mass is 16.2. The van der Waals surface area contributed by atoms with E-state index in [1.54, 1.807) is 24.5 Å². The minimum atomic E-state index is -0.168. The van der Waals surface area contributed by atoms with Gasteiger partial charge in [0.15, 0.2) is 0 Å². The van der Waals surface area contributed by atoms with E-state index in [0.717, 1.165) is 11.1 Å². The zero-order valence-corrected chi connectivity index (χ0v) is 11.7. The van der Waals surface area contributed by atoms with Crippen LogP contribution in [0.15, 0.2) is 48.8 Å². The molecule has 0 saturated heterocycles. The maximum atomic E-state index is 12.1. The zero-order chi connectivity index (χ0) is 15.1. The molecule has 4 heteroatoms. The number of hydrogen-bond acceptors (Lipinski definition) is 3. The third-order valence-electron chi connectivity index (χ3n) is 2.99.